The summed E-state index contributed by atoms with van der Waals surface area (Å²) in [4.78, 5) is 14.5. The Bertz CT molecular complexity index is 629. The number of fused-ring (bicyclic) bond motifs is 1. The van der Waals surface area contributed by atoms with E-state index in [9.17, 15) is 9.90 Å². The molecule has 0 aliphatic heterocycles. The van der Waals surface area contributed by atoms with Gasteiger partial charge in [-0.15, -0.1) is 11.3 Å². The molecule has 0 fully saturated rings. The molecule has 1 aliphatic carbocycles. The van der Waals surface area contributed by atoms with Gasteiger partial charge in [-0.2, -0.15) is 0 Å². The molecular weight excluding hydrogens is 294 g/mol. The third-order valence-corrected chi connectivity index (χ3v) is 5.34. The number of benzene rings is 1. The van der Waals surface area contributed by atoms with Gasteiger partial charge in [0, 0.05) is 10.9 Å². The number of carbonyl (C=O) groups is 1. The molecule has 0 radical (unpaired) electrons. The fourth-order valence-corrected chi connectivity index (χ4v) is 4.10. The molecule has 1 amide bonds. The summed E-state index contributed by atoms with van der Waals surface area (Å²) in [6, 6.07) is 11.5. The highest BCUT2D eigenvalue weighted by Crippen LogP contribution is 2.30. The normalized spacial score (nSPS) is 16.1. The van der Waals surface area contributed by atoms with Gasteiger partial charge < -0.3 is 10.4 Å². The lowest BCUT2D eigenvalue weighted by atomic mass is 10.0. The van der Waals surface area contributed by atoms with Crippen LogP contribution in [0, 0.1) is 0 Å². The van der Waals surface area contributed by atoms with E-state index in [0.717, 1.165) is 23.3 Å². The third kappa shape index (κ3) is 3.39. The second-order valence-electron chi connectivity index (χ2n) is 5.95. The molecular formula is C18H21NO2S. The molecule has 4 heteroatoms. The lowest BCUT2D eigenvalue weighted by Crippen LogP contribution is -2.33. The van der Waals surface area contributed by atoms with E-state index in [1.54, 1.807) is 11.3 Å². The van der Waals surface area contributed by atoms with E-state index >= 15 is 0 Å². The molecule has 1 aromatic heterocycles. The fraction of sp³-hybridized carbons (Fsp3) is 0.389. The molecule has 2 atom stereocenters. The molecule has 1 aromatic carbocycles. The Morgan fingerprint density at radius 2 is 2.09 bits per heavy atom. The van der Waals surface area contributed by atoms with Crippen molar-refractivity contribution in [2.24, 2.45) is 0 Å². The van der Waals surface area contributed by atoms with Crippen LogP contribution in [0.25, 0.3) is 0 Å². The number of hydrogen-bond acceptors (Lipinski definition) is 3. The summed E-state index contributed by atoms with van der Waals surface area (Å²) in [5, 5.41) is 13.2. The molecule has 0 bridgehead atoms. The Morgan fingerprint density at radius 3 is 2.82 bits per heavy atom. The quantitative estimate of drug-likeness (QED) is 0.887. The first kappa shape index (κ1) is 15.3. The molecule has 3 rings (SSSR count). The predicted molar refractivity (Wildman–Crippen MR) is 89.3 cm³/mol. The Kier molecular flexibility index (Phi) is 4.60. The maximum absolute atomic E-state index is 12.3. The molecule has 0 spiro atoms. The molecule has 1 aliphatic rings. The van der Waals surface area contributed by atoms with Gasteiger partial charge >= 0.3 is 0 Å². The van der Waals surface area contributed by atoms with E-state index < -0.39 is 6.10 Å². The van der Waals surface area contributed by atoms with Crippen LogP contribution in [0.4, 0.5) is 0 Å². The summed E-state index contributed by atoms with van der Waals surface area (Å²) in [6.45, 7) is 1.94. The van der Waals surface area contributed by atoms with Crippen molar-refractivity contribution in [1.82, 2.24) is 5.32 Å². The van der Waals surface area contributed by atoms with Gasteiger partial charge in [0.1, 0.15) is 0 Å². The first-order chi connectivity index (χ1) is 10.6. The highest BCUT2D eigenvalue weighted by atomic mass is 32.1. The Labute approximate surface area is 135 Å². The van der Waals surface area contributed by atoms with E-state index in [1.165, 1.54) is 16.9 Å². The van der Waals surface area contributed by atoms with E-state index in [4.69, 9.17) is 0 Å². The van der Waals surface area contributed by atoms with Gasteiger partial charge in [0.2, 0.25) is 0 Å². The zero-order valence-electron chi connectivity index (χ0n) is 12.7. The van der Waals surface area contributed by atoms with Crippen molar-refractivity contribution in [2.75, 3.05) is 0 Å². The van der Waals surface area contributed by atoms with Crippen LogP contribution in [0.15, 0.2) is 36.4 Å². The smallest absolute Gasteiger partial charge is 0.261 e. The van der Waals surface area contributed by atoms with Gasteiger partial charge in [0.25, 0.3) is 5.91 Å². The van der Waals surface area contributed by atoms with Crippen LogP contribution in [-0.2, 0) is 12.8 Å². The summed E-state index contributed by atoms with van der Waals surface area (Å²) in [6.07, 6.45) is 3.38. The number of carbonyl (C=O) groups excluding carboxylic acids is 1. The fourth-order valence-electron chi connectivity index (χ4n) is 2.94. The number of thiophene rings is 1. The lowest BCUT2D eigenvalue weighted by Gasteiger charge is -2.18. The third-order valence-electron chi connectivity index (χ3n) is 4.11. The molecule has 2 aromatic rings. The van der Waals surface area contributed by atoms with Crippen molar-refractivity contribution < 1.29 is 9.90 Å². The van der Waals surface area contributed by atoms with Crippen molar-refractivity contribution in [1.29, 1.82) is 0 Å². The Morgan fingerprint density at radius 1 is 1.32 bits per heavy atom. The van der Waals surface area contributed by atoms with Crippen LogP contribution >= 0.6 is 11.3 Å². The first-order valence-electron chi connectivity index (χ1n) is 7.79. The summed E-state index contributed by atoms with van der Waals surface area (Å²) in [5.74, 6) is -0.0211. The van der Waals surface area contributed by atoms with Crippen LogP contribution in [0.5, 0.6) is 0 Å². The highest BCUT2D eigenvalue weighted by Gasteiger charge is 2.20. The minimum Gasteiger partial charge on any atom is -0.388 e. The summed E-state index contributed by atoms with van der Waals surface area (Å²) >= 11 is 1.61. The van der Waals surface area contributed by atoms with Gasteiger partial charge in [-0.05, 0) is 49.8 Å². The minimum atomic E-state index is -0.551. The van der Waals surface area contributed by atoms with Crippen molar-refractivity contribution in [3.05, 3.63) is 57.3 Å². The zero-order valence-corrected chi connectivity index (χ0v) is 13.5. The average molecular weight is 315 g/mol. The largest absolute Gasteiger partial charge is 0.388 e. The SMILES string of the molecule is CC(CC(O)c1ccccc1)NC(=O)c1cc2c(s1)CCC2. The van der Waals surface area contributed by atoms with Crippen LogP contribution in [0.1, 0.15) is 51.5 Å². The number of nitrogens with one attached hydrogen (secondary N) is 1. The van der Waals surface area contributed by atoms with E-state index in [-0.39, 0.29) is 11.9 Å². The molecule has 2 N–H and O–H groups in total. The van der Waals surface area contributed by atoms with Crippen LogP contribution < -0.4 is 5.32 Å². The van der Waals surface area contributed by atoms with E-state index in [2.05, 4.69) is 5.32 Å². The molecule has 0 saturated heterocycles. The number of aliphatic hydroxyl groups is 1. The van der Waals surface area contributed by atoms with Crippen LogP contribution in [0.3, 0.4) is 0 Å². The number of rotatable bonds is 5. The van der Waals surface area contributed by atoms with Crippen molar-refractivity contribution in [3.8, 4) is 0 Å². The molecule has 1 heterocycles. The first-order valence-corrected chi connectivity index (χ1v) is 8.60. The number of hydrogen-bond donors (Lipinski definition) is 2. The van der Waals surface area contributed by atoms with Crippen LogP contribution in [0.2, 0.25) is 0 Å². The molecule has 0 saturated carbocycles. The number of aliphatic hydroxyl groups excluding tert-OH is 1. The summed E-state index contributed by atoms with van der Waals surface area (Å²) < 4.78 is 0. The minimum absolute atomic E-state index is 0.0211. The second kappa shape index (κ2) is 6.63. The second-order valence-corrected chi connectivity index (χ2v) is 7.09. The Hall–Kier alpha value is -1.65. The van der Waals surface area contributed by atoms with E-state index in [1.807, 2.05) is 43.3 Å². The van der Waals surface area contributed by atoms with Crippen molar-refractivity contribution in [2.45, 2.75) is 44.8 Å². The van der Waals surface area contributed by atoms with Gasteiger partial charge in [-0.1, -0.05) is 30.3 Å². The van der Waals surface area contributed by atoms with Gasteiger partial charge in [0.05, 0.1) is 11.0 Å². The molecule has 116 valence electrons. The van der Waals surface area contributed by atoms with Gasteiger partial charge in [-0.25, -0.2) is 0 Å². The topological polar surface area (TPSA) is 49.3 Å². The van der Waals surface area contributed by atoms with Crippen molar-refractivity contribution >= 4 is 17.2 Å². The maximum Gasteiger partial charge on any atom is 0.261 e. The van der Waals surface area contributed by atoms with Crippen LogP contribution in [-0.4, -0.2) is 17.1 Å². The zero-order chi connectivity index (χ0) is 15.5. The standard InChI is InChI=1S/C18H21NO2S/c1-12(10-15(20)13-6-3-2-4-7-13)19-18(21)17-11-14-8-5-9-16(14)22-17/h2-4,6-7,11-12,15,20H,5,8-10H2,1H3,(H,19,21). The molecule has 3 nitrogen and oxygen atoms in total. The lowest BCUT2D eigenvalue weighted by molar-refractivity contribution is 0.0921. The molecule has 2 unspecified atom stereocenters. The number of amides is 1. The average Bonchev–Trinajstić information content (AvgIpc) is 3.09. The number of aryl methyl sites for hydroxylation is 2. The summed E-state index contributed by atoms with van der Waals surface area (Å²) in [7, 11) is 0. The Balaban J connectivity index is 1.56. The highest BCUT2D eigenvalue weighted by molar-refractivity contribution is 7.14. The monoisotopic (exact) mass is 315 g/mol. The van der Waals surface area contributed by atoms with E-state index in [0.29, 0.717) is 6.42 Å². The van der Waals surface area contributed by atoms with Crippen molar-refractivity contribution in [3.63, 3.8) is 0 Å². The van der Waals surface area contributed by atoms with Gasteiger partial charge in [-0.3, -0.25) is 4.79 Å². The van der Waals surface area contributed by atoms with Gasteiger partial charge in [0.15, 0.2) is 0 Å². The maximum atomic E-state index is 12.3. The summed E-state index contributed by atoms with van der Waals surface area (Å²) in [5.41, 5.74) is 2.23. The molecule has 22 heavy (non-hydrogen) atoms. The predicted octanol–water partition coefficient (Wildman–Crippen LogP) is 3.48.